The summed E-state index contributed by atoms with van der Waals surface area (Å²) < 4.78 is 5.05. The second-order valence-corrected chi connectivity index (χ2v) is 13.9. The van der Waals surface area contributed by atoms with Crippen LogP contribution in [0.3, 0.4) is 0 Å². The molecule has 214 valence electrons. The highest BCUT2D eigenvalue weighted by Gasteiger charge is 2.42. The van der Waals surface area contributed by atoms with Crippen molar-refractivity contribution in [3.8, 4) is 0 Å². The Bertz CT molecular complexity index is 2610. The fourth-order valence-electron chi connectivity index (χ4n) is 7.78. The largest absolute Gasteiger partial charge is 0.370 e. The van der Waals surface area contributed by atoms with Gasteiger partial charge in [0.05, 0.1) is 22.4 Å². The summed E-state index contributed by atoms with van der Waals surface area (Å²) in [5.74, 6) is 1.01. The second kappa shape index (κ2) is 8.93. The highest BCUT2D eigenvalue weighted by Crippen LogP contribution is 2.49. The monoisotopic (exact) mass is 595 g/mol. The van der Waals surface area contributed by atoms with Gasteiger partial charge >= 0.3 is 0 Å². The number of aliphatic imine (C=N–C) groups is 1. The van der Waals surface area contributed by atoms with Crippen LogP contribution in [-0.2, 0) is 5.41 Å². The predicted octanol–water partition coefficient (Wildman–Crippen LogP) is 10.6. The molecule has 3 nitrogen and oxygen atoms in total. The van der Waals surface area contributed by atoms with Gasteiger partial charge in [-0.3, -0.25) is 4.57 Å². The van der Waals surface area contributed by atoms with Crippen LogP contribution in [0, 0.1) is 0 Å². The number of allylic oxidation sites excluding steroid dienone is 1. The molecular formula is C41H29N3S. The molecule has 0 saturated heterocycles. The summed E-state index contributed by atoms with van der Waals surface area (Å²) in [6, 6.07) is 46.5. The summed E-state index contributed by atoms with van der Waals surface area (Å²) in [5.41, 5.74) is 8.15. The highest BCUT2D eigenvalue weighted by molar-refractivity contribution is 7.25. The number of nitrogens with zero attached hydrogens (tertiary/aromatic N) is 2. The van der Waals surface area contributed by atoms with Gasteiger partial charge < -0.3 is 5.32 Å². The van der Waals surface area contributed by atoms with Crippen LogP contribution in [0.5, 0.6) is 0 Å². The van der Waals surface area contributed by atoms with Gasteiger partial charge in [0, 0.05) is 41.9 Å². The molecule has 6 aromatic carbocycles. The third kappa shape index (κ3) is 3.43. The molecule has 0 spiro atoms. The normalized spacial score (nSPS) is 17.3. The molecule has 0 fully saturated rings. The molecule has 0 amide bonds. The van der Waals surface area contributed by atoms with E-state index in [0.29, 0.717) is 0 Å². The summed E-state index contributed by atoms with van der Waals surface area (Å²) >= 11 is 1.86. The molecule has 2 aliphatic rings. The lowest BCUT2D eigenvalue weighted by Gasteiger charge is -2.31. The Kier molecular flexibility index (Phi) is 5.00. The lowest BCUT2D eigenvalue weighted by atomic mass is 9.84. The molecule has 4 heteroatoms. The molecular weight excluding hydrogens is 567 g/mol. The van der Waals surface area contributed by atoms with Gasteiger partial charge in [-0.15, -0.1) is 11.3 Å². The van der Waals surface area contributed by atoms with E-state index in [-0.39, 0.29) is 11.5 Å². The Morgan fingerprint density at radius 2 is 1.36 bits per heavy atom. The summed E-state index contributed by atoms with van der Waals surface area (Å²) in [6.45, 7) is 4.61. The molecule has 1 aliphatic carbocycles. The van der Waals surface area contributed by atoms with Crippen molar-refractivity contribution in [1.82, 2.24) is 9.88 Å². The first-order chi connectivity index (χ1) is 22.1. The molecule has 45 heavy (non-hydrogen) atoms. The first-order valence-electron chi connectivity index (χ1n) is 15.6. The maximum Gasteiger partial charge on any atom is 0.141 e. The molecule has 0 saturated carbocycles. The van der Waals surface area contributed by atoms with Crippen LogP contribution in [-0.4, -0.2) is 10.4 Å². The number of rotatable bonds is 1. The van der Waals surface area contributed by atoms with E-state index in [2.05, 4.69) is 151 Å². The van der Waals surface area contributed by atoms with Crippen LogP contribution in [0.2, 0.25) is 0 Å². The van der Waals surface area contributed by atoms with Gasteiger partial charge in [-0.2, -0.15) is 0 Å². The van der Waals surface area contributed by atoms with E-state index in [9.17, 15) is 0 Å². The Balaban J connectivity index is 1.29. The van der Waals surface area contributed by atoms with E-state index in [1.807, 2.05) is 11.3 Å². The van der Waals surface area contributed by atoms with Crippen LogP contribution in [0.4, 0.5) is 0 Å². The minimum Gasteiger partial charge on any atom is -0.370 e. The first kappa shape index (κ1) is 25.2. The third-order valence-electron chi connectivity index (χ3n) is 9.98. The molecule has 8 aromatic rings. The number of thiophene rings is 1. The molecule has 1 unspecified atom stereocenters. The number of para-hydroxylation sites is 1. The highest BCUT2D eigenvalue weighted by atomic mass is 32.1. The molecule has 1 aliphatic heterocycles. The van der Waals surface area contributed by atoms with Crippen molar-refractivity contribution in [2.75, 3.05) is 0 Å². The van der Waals surface area contributed by atoms with E-state index in [4.69, 9.17) is 4.99 Å². The smallest absolute Gasteiger partial charge is 0.141 e. The van der Waals surface area contributed by atoms with E-state index in [0.717, 1.165) is 17.2 Å². The van der Waals surface area contributed by atoms with Gasteiger partial charge in [0.25, 0.3) is 0 Å². The van der Waals surface area contributed by atoms with Crippen LogP contribution < -0.4 is 5.32 Å². The molecule has 2 aromatic heterocycles. The van der Waals surface area contributed by atoms with Crippen molar-refractivity contribution in [3.05, 3.63) is 150 Å². The van der Waals surface area contributed by atoms with Gasteiger partial charge in [-0.25, -0.2) is 4.99 Å². The van der Waals surface area contributed by atoms with Crippen molar-refractivity contribution in [2.24, 2.45) is 4.99 Å². The summed E-state index contributed by atoms with van der Waals surface area (Å²) in [6.07, 6.45) is 0. The van der Waals surface area contributed by atoms with Crippen LogP contribution in [0.1, 0.15) is 36.6 Å². The zero-order chi connectivity index (χ0) is 29.9. The van der Waals surface area contributed by atoms with Gasteiger partial charge in [0.2, 0.25) is 0 Å². The maximum absolute atomic E-state index is 5.72. The van der Waals surface area contributed by atoms with E-state index < -0.39 is 0 Å². The minimum absolute atomic E-state index is 0.153. The second-order valence-electron chi connectivity index (χ2n) is 12.9. The Morgan fingerprint density at radius 1 is 0.644 bits per heavy atom. The van der Waals surface area contributed by atoms with Gasteiger partial charge in [-0.1, -0.05) is 105 Å². The van der Waals surface area contributed by atoms with Crippen molar-refractivity contribution < 1.29 is 0 Å². The van der Waals surface area contributed by atoms with E-state index >= 15 is 0 Å². The van der Waals surface area contributed by atoms with E-state index in [1.54, 1.807) is 0 Å². The average Bonchev–Trinajstić information content (AvgIpc) is 3.68. The Morgan fingerprint density at radius 3 is 2.24 bits per heavy atom. The molecule has 10 rings (SSSR count). The SMILES string of the molecule is CC1(C)C2=C(NC(c3ccc4sc5ccccc5c4c3)C(n3c4ccccc4c4cc5ccccc5cc43)=N2)c2ccccc21. The summed E-state index contributed by atoms with van der Waals surface area (Å²) in [4.78, 5) is 5.72. The number of fused-ring (bicyclic) bond motifs is 9. The quantitative estimate of drug-likeness (QED) is 0.201. The lowest BCUT2D eigenvalue weighted by molar-refractivity contribution is 0.619. The summed E-state index contributed by atoms with van der Waals surface area (Å²) in [5, 5.41) is 11.7. The minimum atomic E-state index is -0.228. The Labute approximate surface area is 264 Å². The topological polar surface area (TPSA) is 29.3 Å². The third-order valence-corrected chi connectivity index (χ3v) is 11.1. The van der Waals surface area contributed by atoms with Crippen molar-refractivity contribution in [2.45, 2.75) is 25.3 Å². The van der Waals surface area contributed by atoms with Crippen LogP contribution >= 0.6 is 11.3 Å². The van der Waals surface area contributed by atoms with E-state index in [1.165, 1.54) is 69.4 Å². The standard InChI is InChI=1S/C41H29N3S/c1-41(2)32-16-8-5-15-29(32)38-39(41)43-40(37(42-38)26-19-20-36-31(22-26)28-14-7-10-18-35(28)45-36)44-33-17-9-6-13-27(33)30-21-24-11-3-4-12-25(24)23-34(30)44/h3-23,37,42H,1-2H3. The van der Waals surface area contributed by atoms with Gasteiger partial charge in [0.15, 0.2) is 0 Å². The van der Waals surface area contributed by atoms with Crippen molar-refractivity contribution in [1.29, 1.82) is 0 Å². The number of hydrogen-bond acceptors (Lipinski definition) is 3. The molecule has 3 heterocycles. The van der Waals surface area contributed by atoms with Gasteiger partial charge in [0.1, 0.15) is 11.9 Å². The number of benzene rings is 6. The van der Waals surface area contributed by atoms with Crippen molar-refractivity contribution in [3.63, 3.8) is 0 Å². The number of nitrogens with one attached hydrogen (secondary N) is 1. The van der Waals surface area contributed by atoms with Crippen molar-refractivity contribution >= 4 is 75.6 Å². The number of aromatic nitrogens is 1. The van der Waals surface area contributed by atoms with Crippen LogP contribution in [0.25, 0.3) is 58.4 Å². The first-order valence-corrected chi connectivity index (χ1v) is 16.4. The fourth-order valence-corrected chi connectivity index (χ4v) is 8.87. The van der Waals surface area contributed by atoms with Crippen LogP contribution in [0.15, 0.2) is 138 Å². The predicted molar refractivity (Wildman–Crippen MR) is 191 cm³/mol. The lowest BCUT2D eigenvalue weighted by Crippen LogP contribution is -2.36. The summed E-state index contributed by atoms with van der Waals surface area (Å²) in [7, 11) is 0. The zero-order valence-corrected chi connectivity index (χ0v) is 25.8. The fraction of sp³-hybridized carbons (Fsp3) is 0.0976. The maximum atomic E-state index is 5.72. The molecule has 1 atom stereocenters. The zero-order valence-electron chi connectivity index (χ0n) is 25.0. The number of hydrogen-bond donors (Lipinski definition) is 1. The molecule has 0 bridgehead atoms. The van der Waals surface area contributed by atoms with Gasteiger partial charge in [-0.05, 0) is 58.3 Å². The Hall–Kier alpha value is -5.19. The average molecular weight is 596 g/mol. The molecule has 1 N–H and O–H groups in total. The molecule has 0 radical (unpaired) electrons.